The monoisotopic (exact) mass is 362 g/mol. The molecule has 0 aliphatic carbocycles. The van der Waals surface area contributed by atoms with Crippen molar-refractivity contribution in [3.8, 4) is 11.5 Å². The third kappa shape index (κ3) is 4.90. The number of amides is 2. The lowest BCUT2D eigenvalue weighted by atomic mass is 10.00. The van der Waals surface area contributed by atoms with E-state index in [4.69, 9.17) is 9.47 Å². The van der Waals surface area contributed by atoms with Gasteiger partial charge in [0.2, 0.25) is 11.8 Å². The number of carbonyl (C=O) groups is 2. The first-order valence-corrected chi connectivity index (χ1v) is 9.26. The van der Waals surface area contributed by atoms with Gasteiger partial charge >= 0.3 is 0 Å². The summed E-state index contributed by atoms with van der Waals surface area (Å²) in [7, 11) is 3.16. The zero-order valence-corrected chi connectivity index (χ0v) is 16.3. The SMILES string of the molecule is CCC1CCCCN1C(=O)CN(Cc1ccc(OC)c(OC)c1)C(C)=O. The Kier molecular flexibility index (Phi) is 7.30. The van der Waals surface area contributed by atoms with E-state index in [2.05, 4.69) is 6.92 Å². The molecular formula is C20H30N2O4. The van der Waals surface area contributed by atoms with Gasteiger partial charge in [0, 0.05) is 26.1 Å². The van der Waals surface area contributed by atoms with Crippen LogP contribution in [0.1, 0.15) is 45.1 Å². The molecule has 1 aliphatic rings. The smallest absolute Gasteiger partial charge is 0.242 e. The quantitative estimate of drug-likeness (QED) is 0.748. The van der Waals surface area contributed by atoms with Crippen LogP contribution in [0.15, 0.2) is 18.2 Å². The number of likely N-dealkylation sites (tertiary alicyclic amines) is 1. The number of hydrogen-bond acceptors (Lipinski definition) is 4. The van der Waals surface area contributed by atoms with Gasteiger partial charge in [-0.3, -0.25) is 9.59 Å². The van der Waals surface area contributed by atoms with E-state index >= 15 is 0 Å². The van der Waals surface area contributed by atoms with Crippen LogP contribution in [-0.2, 0) is 16.1 Å². The fourth-order valence-corrected chi connectivity index (χ4v) is 3.49. The second-order valence-corrected chi connectivity index (χ2v) is 6.71. The Labute approximate surface area is 156 Å². The standard InChI is InChI=1S/C20H30N2O4/c1-5-17-8-6-7-11-22(17)20(24)14-21(15(2)23)13-16-9-10-18(25-3)19(12-16)26-4/h9-10,12,17H,5-8,11,13-14H2,1-4H3. The molecule has 6 nitrogen and oxygen atoms in total. The minimum Gasteiger partial charge on any atom is -0.493 e. The molecule has 6 heteroatoms. The number of methoxy groups -OCH3 is 2. The Hall–Kier alpha value is -2.24. The molecule has 0 radical (unpaired) electrons. The first kappa shape index (κ1) is 20.1. The minimum absolute atomic E-state index is 0.0345. The van der Waals surface area contributed by atoms with Crippen molar-refractivity contribution in [1.82, 2.24) is 9.80 Å². The van der Waals surface area contributed by atoms with Crippen molar-refractivity contribution in [3.63, 3.8) is 0 Å². The predicted molar refractivity (Wildman–Crippen MR) is 100 cm³/mol. The summed E-state index contributed by atoms with van der Waals surface area (Å²) in [6, 6.07) is 5.84. The zero-order chi connectivity index (χ0) is 19.1. The maximum atomic E-state index is 12.8. The van der Waals surface area contributed by atoms with Crippen molar-refractivity contribution in [2.75, 3.05) is 27.3 Å². The van der Waals surface area contributed by atoms with Gasteiger partial charge in [-0.2, -0.15) is 0 Å². The van der Waals surface area contributed by atoms with Crippen LogP contribution in [0.2, 0.25) is 0 Å². The molecule has 1 unspecified atom stereocenters. The van der Waals surface area contributed by atoms with Crippen LogP contribution in [0.4, 0.5) is 0 Å². The fraction of sp³-hybridized carbons (Fsp3) is 0.600. The first-order chi connectivity index (χ1) is 12.5. The summed E-state index contributed by atoms with van der Waals surface area (Å²) >= 11 is 0. The minimum atomic E-state index is -0.113. The Morgan fingerprint density at radius 2 is 1.92 bits per heavy atom. The van der Waals surface area contributed by atoms with Crippen LogP contribution in [-0.4, -0.2) is 55.0 Å². The average molecular weight is 362 g/mol. The van der Waals surface area contributed by atoms with E-state index < -0.39 is 0 Å². The summed E-state index contributed by atoms with van der Waals surface area (Å²) in [5, 5.41) is 0. The van der Waals surface area contributed by atoms with E-state index in [-0.39, 0.29) is 18.4 Å². The number of carbonyl (C=O) groups excluding carboxylic acids is 2. The number of ether oxygens (including phenoxy) is 2. The Balaban J connectivity index is 2.09. The lowest BCUT2D eigenvalue weighted by Gasteiger charge is -2.36. The molecule has 0 spiro atoms. The third-order valence-electron chi connectivity index (χ3n) is 5.01. The van der Waals surface area contributed by atoms with Gasteiger partial charge in [0.05, 0.1) is 14.2 Å². The summed E-state index contributed by atoms with van der Waals surface area (Å²) in [5.74, 6) is 1.17. The highest BCUT2D eigenvalue weighted by atomic mass is 16.5. The van der Waals surface area contributed by atoms with Crippen molar-refractivity contribution < 1.29 is 19.1 Å². The van der Waals surface area contributed by atoms with E-state index in [9.17, 15) is 9.59 Å². The summed E-state index contributed by atoms with van der Waals surface area (Å²) in [6.07, 6.45) is 4.22. The van der Waals surface area contributed by atoms with Gasteiger partial charge in [0.1, 0.15) is 6.54 Å². The number of piperidine rings is 1. The van der Waals surface area contributed by atoms with Crippen LogP contribution < -0.4 is 9.47 Å². The van der Waals surface area contributed by atoms with Crippen LogP contribution >= 0.6 is 0 Å². The molecular weight excluding hydrogens is 332 g/mol. The highest BCUT2D eigenvalue weighted by molar-refractivity contribution is 5.84. The number of hydrogen-bond donors (Lipinski definition) is 0. The zero-order valence-electron chi connectivity index (χ0n) is 16.3. The van der Waals surface area contributed by atoms with Crippen molar-refractivity contribution in [1.29, 1.82) is 0 Å². The van der Waals surface area contributed by atoms with Crippen molar-refractivity contribution in [2.45, 2.75) is 52.1 Å². The predicted octanol–water partition coefficient (Wildman–Crippen LogP) is 2.84. The van der Waals surface area contributed by atoms with E-state index in [0.29, 0.717) is 24.1 Å². The second kappa shape index (κ2) is 9.46. The van der Waals surface area contributed by atoms with E-state index in [1.165, 1.54) is 13.3 Å². The molecule has 1 aromatic rings. The Morgan fingerprint density at radius 1 is 1.19 bits per heavy atom. The summed E-state index contributed by atoms with van der Waals surface area (Å²) < 4.78 is 10.6. The second-order valence-electron chi connectivity index (χ2n) is 6.71. The normalized spacial score (nSPS) is 16.9. The maximum absolute atomic E-state index is 12.8. The summed E-state index contributed by atoms with van der Waals surface area (Å²) in [4.78, 5) is 28.4. The first-order valence-electron chi connectivity index (χ1n) is 9.26. The molecule has 0 bridgehead atoms. The third-order valence-corrected chi connectivity index (χ3v) is 5.01. The average Bonchev–Trinajstić information content (AvgIpc) is 2.66. The van der Waals surface area contributed by atoms with Gasteiger partial charge < -0.3 is 19.3 Å². The molecule has 26 heavy (non-hydrogen) atoms. The van der Waals surface area contributed by atoms with Crippen molar-refractivity contribution >= 4 is 11.8 Å². The number of benzene rings is 1. The molecule has 2 amide bonds. The summed E-state index contributed by atoms with van der Waals surface area (Å²) in [5.41, 5.74) is 0.899. The molecule has 1 atom stereocenters. The summed E-state index contributed by atoms with van der Waals surface area (Å²) in [6.45, 7) is 4.88. The molecule has 0 N–H and O–H groups in total. The molecule has 0 saturated carbocycles. The van der Waals surface area contributed by atoms with Crippen LogP contribution in [0.5, 0.6) is 11.5 Å². The topological polar surface area (TPSA) is 59.1 Å². The van der Waals surface area contributed by atoms with Gasteiger partial charge in [0.25, 0.3) is 0 Å². The van der Waals surface area contributed by atoms with Crippen LogP contribution in [0, 0.1) is 0 Å². The van der Waals surface area contributed by atoms with Gasteiger partial charge in [-0.05, 0) is 43.4 Å². The number of rotatable bonds is 7. The Morgan fingerprint density at radius 3 is 2.54 bits per heavy atom. The lowest BCUT2D eigenvalue weighted by molar-refractivity contribution is -0.142. The van der Waals surface area contributed by atoms with E-state index in [1.807, 2.05) is 23.1 Å². The van der Waals surface area contributed by atoms with E-state index in [1.54, 1.807) is 19.1 Å². The van der Waals surface area contributed by atoms with Gasteiger partial charge in [-0.15, -0.1) is 0 Å². The molecule has 1 aromatic carbocycles. The van der Waals surface area contributed by atoms with Gasteiger partial charge in [0.15, 0.2) is 11.5 Å². The van der Waals surface area contributed by atoms with Gasteiger partial charge in [-0.25, -0.2) is 0 Å². The molecule has 144 valence electrons. The fourth-order valence-electron chi connectivity index (χ4n) is 3.49. The molecule has 1 saturated heterocycles. The van der Waals surface area contributed by atoms with Crippen molar-refractivity contribution in [2.24, 2.45) is 0 Å². The van der Waals surface area contributed by atoms with Crippen LogP contribution in [0.3, 0.4) is 0 Å². The van der Waals surface area contributed by atoms with Crippen molar-refractivity contribution in [3.05, 3.63) is 23.8 Å². The molecule has 0 aromatic heterocycles. The number of nitrogens with zero attached hydrogens (tertiary/aromatic N) is 2. The highest BCUT2D eigenvalue weighted by Gasteiger charge is 2.27. The largest absolute Gasteiger partial charge is 0.493 e. The Bertz CT molecular complexity index is 632. The van der Waals surface area contributed by atoms with E-state index in [0.717, 1.165) is 31.4 Å². The molecule has 1 aliphatic heterocycles. The lowest BCUT2D eigenvalue weighted by Crippen LogP contribution is -2.48. The molecule has 2 rings (SSSR count). The molecule has 1 fully saturated rings. The highest BCUT2D eigenvalue weighted by Crippen LogP contribution is 2.28. The van der Waals surface area contributed by atoms with Crippen LogP contribution in [0.25, 0.3) is 0 Å². The molecule has 1 heterocycles. The maximum Gasteiger partial charge on any atom is 0.242 e. The van der Waals surface area contributed by atoms with Gasteiger partial charge in [-0.1, -0.05) is 13.0 Å².